The van der Waals surface area contributed by atoms with Crippen molar-refractivity contribution < 1.29 is 23.4 Å². The minimum absolute atomic E-state index is 0.341. The molecule has 1 aromatic heterocycles. The first-order valence-electron chi connectivity index (χ1n) is 7.45. The maximum Gasteiger partial charge on any atom is 0.257 e. The van der Waals surface area contributed by atoms with Gasteiger partial charge in [0.1, 0.15) is 5.82 Å². The van der Waals surface area contributed by atoms with Gasteiger partial charge in [0.2, 0.25) is 5.75 Å². The number of ether oxygens (including phenoxy) is 3. The van der Waals surface area contributed by atoms with Crippen LogP contribution in [0.2, 0.25) is 0 Å². The van der Waals surface area contributed by atoms with Crippen molar-refractivity contribution in [2.45, 2.75) is 0 Å². The lowest BCUT2D eigenvalue weighted by Gasteiger charge is -2.14. The average Bonchev–Trinajstić information content (AvgIpc) is 3.03. The van der Waals surface area contributed by atoms with E-state index < -0.39 is 0 Å². The van der Waals surface area contributed by atoms with Gasteiger partial charge in [-0.05, 0) is 18.2 Å². The van der Waals surface area contributed by atoms with Gasteiger partial charge in [-0.2, -0.15) is 0 Å². The smallest absolute Gasteiger partial charge is 0.257 e. The molecule has 3 rings (SSSR count). The zero-order valence-corrected chi connectivity index (χ0v) is 14.0. The van der Waals surface area contributed by atoms with E-state index in [-0.39, 0.29) is 11.7 Å². The van der Waals surface area contributed by atoms with E-state index in [0.29, 0.717) is 39.4 Å². The van der Waals surface area contributed by atoms with Gasteiger partial charge in [0, 0.05) is 34.9 Å². The summed E-state index contributed by atoms with van der Waals surface area (Å²) >= 11 is 0. The summed E-state index contributed by atoms with van der Waals surface area (Å²) in [6.45, 7) is 0. The lowest BCUT2D eigenvalue weighted by Crippen LogP contribution is -2.11. The molecule has 130 valence electrons. The predicted molar refractivity (Wildman–Crippen MR) is 92.3 cm³/mol. The average molecular weight is 344 g/mol. The minimum atomic E-state index is -0.370. The van der Waals surface area contributed by atoms with E-state index in [0.717, 1.165) is 0 Å². The number of benzene rings is 2. The van der Waals surface area contributed by atoms with Crippen molar-refractivity contribution in [2.24, 2.45) is 0 Å². The summed E-state index contributed by atoms with van der Waals surface area (Å²) in [7, 11) is 4.50. The third kappa shape index (κ3) is 3.08. The summed E-state index contributed by atoms with van der Waals surface area (Å²) in [5, 5.41) is 3.41. The fourth-order valence-electron chi connectivity index (χ4n) is 2.64. The van der Waals surface area contributed by atoms with Crippen LogP contribution in [0.1, 0.15) is 10.4 Å². The van der Waals surface area contributed by atoms with Gasteiger partial charge in [-0.25, -0.2) is 4.39 Å². The molecular formula is C18H17FN2O4. The molecule has 0 spiro atoms. The Morgan fingerprint density at radius 3 is 2.32 bits per heavy atom. The molecule has 0 aliphatic rings. The molecule has 0 radical (unpaired) electrons. The first kappa shape index (κ1) is 16.6. The van der Waals surface area contributed by atoms with Crippen LogP contribution in [0.3, 0.4) is 0 Å². The Kier molecular flexibility index (Phi) is 4.47. The Hall–Kier alpha value is -3.22. The summed E-state index contributed by atoms with van der Waals surface area (Å²) in [6, 6.07) is 7.48. The van der Waals surface area contributed by atoms with Crippen molar-refractivity contribution in [1.29, 1.82) is 0 Å². The maximum atomic E-state index is 13.3. The second-order valence-corrected chi connectivity index (χ2v) is 5.26. The zero-order valence-electron chi connectivity index (χ0n) is 14.0. The Morgan fingerprint density at radius 1 is 1.04 bits per heavy atom. The Morgan fingerprint density at radius 2 is 1.72 bits per heavy atom. The number of rotatable bonds is 5. The van der Waals surface area contributed by atoms with Gasteiger partial charge in [0.15, 0.2) is 11.5 Å². The largest absolute Gasteiger partial charge is 0.493 e. The first-order chi connectivity index (χ1) is 12.1. The topological polar surface area (TPSA) is 72.6 Å². The number of nitrogens with one attached hydrogen (secondary N) is 2. The van der Waals surface area contributed by atoms with Crippen LogP contribution in [0, 0.1) is 5.82 Å². The molecule has 0 atom stereocenters. The summed E-state index contributed by atoms with van der Waals surface area (Å²) < 4.78 is 29.1. The van der Waals surface area contributed by atoms with Crippen molar-refractivity contribution in [3.8, 4) is 17.2 Å². The van der Waals surface area contributed by atoms with Crippen LogP contribution in [-0.2, 0) is 0 Å². The monoisotopic (exact) mass is 344 g/mol. The molecule has 3 aromatic rings. The molecule has 2 aromatic carbocycles. The van der Waals surface area contributed by atoms with Crippen molar-refractivity contribution in [1.82, 2.24) is 4.98 Å². The van der Waals surface area contributed by atoms with E-state index in [1.54, 1.807) is 18.2 Å². The van der Waals surface area contributed by atoms with Crippen LogP contribution >= 0.6 is 0 Å². The second kappa shape index (κ2) is 6.72. The number of aromatic amines is 1. The molecule has 25 heavy (non-hydrogen) atoms. The maximum absolute atomic E-state index is 13.3. The zero-order chi connectivity index (χ0) is 18.0. The molecule has 1 amide bonds. The molecular weight excluding hydrogens is 327 g/mol. The molecule has 7 heteroatoms. The SMILES string of the molecule is COc1cc(NC(=O)c2c[nH]c3cc(F)ccc23)cc(OC)c1OC. The van der Waals surface area contributed by atoms with Crippen LogP contribution in [0.15, 0.2) is 36.5 Å². The molecule has 0 bridgehead atoms. The van der Waals surface area contributed by atoms with Crippen molar-refractivity contribution in [2.75, 3.05) is 26.6 Å². The lowest BCUT2D eigenvalue weighted by molar-refractivity contribution is 0.102. The van der Waals surface area contributed by atoms with Crippen LogP contribution in [0.5, 0.6) is 17.2 Å². The number of halogens is 1. The van der Waals surface area contributed by atoms with E-state index in [1.807, 2.05) is 0 Å². The lowest BCUT2D eigenvalue weighted by atomic mass is 10.1. The van der Waals surface area contributed by atoms with Crippen LogP contribution in [0.4, 0.5) is 10.1 Å². The van der Waals surface area contributed by atoms with E-state index in [4.69, 9.17) is 14.2 Å². The fourth-order valence-corrected chi connectivity index (χ4v) is 2.64. The Balaban J connectivity index is 1.94. The van der Waals surface area contributed by atoms with Crippen molar-refractivity contribution in [3.63, 3.8) is 0 Å². The molecule has 1 heterocycles. The number of hydrogen-bond acceptors (Lipinski definition) is 4. The molecule has 6 nitrogen and oxygen atoms in total. The number of anilines is 1. The number of amides is 1. The van der Waals surface area contributed by atoms with Gasteiger partial charge in [0.05, 0.1) is 26.9 Å². The molecule has 2 N–H and O–H groups in total. The molecule has 0 unspecified atom stereocenters. The highest BCUT2D eigenvalue weighted by Crippen LogP contribution is 2.40. The summed E-state index contributed by atoms with van der Waals surface area (Å²) in [6.07, 6.45) is 1.54. The van der Waals surface area contributed by atoms with Crippen LogP contribution < -0.4 is 19.5 Å². The summed E-state index contributed by atoms with van der Waals surface area (Å²) in [5.41, 5.74) is 1.44. The number of hydrogen-bond donors (Lipinski definition) is 2. The first-order valence-corrected chi connectivity index (χ1v) is 7.45. The highest BCUT2D eigenvalue weighted by atomic mass is 19.1. The predicted octanol–water partition coefficient (Wildman–Crippen LogP) is 3.59. The Labute approximate surface area is 143 Å². The van der Waals surface area contributed by atoms with Crippen molar-refractivity contribution in [3.05, 3.63) is 47.9 Å². The van der Waals surface area contributed by atoms with E-state index >= 15 is 0 Å². The number of carbonyl (C=O) groups is 1. The van der Waals surface area contributed by atoms with Crippen molar-refractivity contribution >= 4 is 22.5 Å². The van der Waals surface area contributed by atoms with Gasteiger partial charge in [-0.3, -0.25) is 4.79 Å². The Bertz CT molecular complexity index is 911. The summed E-state index contributed by atoms with van der Waals surface area (Å²) in [4.78, 5) is 15.5. The van der Waals surface area contributed by atoms with Gasteiger partial charge in [-0.1, -0.05) is 0 Å². The third-order valence-electron chi connectivity index (χ3n) is 3.81. The highest BCUT2D eigenvalue weighted by Gasteiger charge is 2.17. The number of methoxy groups -OCH3 is 3. The van der Waals surface area contributed by atoms with Gasteiger partial charge < -0.3 is 24.5 Å². The van der Waals surface area contributed by atoms with Gasteiger partial charge in [-0.15, -0.1) is 0 Å². The molecule has 0 saturated heterocycles. The highest BCUT2D eigenvalue weighted by molar-refractivity contribution is 6.12. The van der Waals surface area contributed by atoms with E-state index in [1.165, 1.54) is 39.7 Å². The van der Waals surface area contributed by atoms with Gasteiger partial charge in [0.25, 0.3) is 5.91 Å². The van der Waals surface area contributed by atoms with E-state index in [2.05, 4.69) is 10.3 Å². The molecule has 0 aliphatic carbocycles. The number of carbonyl (C=O) groups excluding carboxylic acids is 1. The second-order valence-electron chi connectivity index (χ2n) is 5.26. The quantitative estimate of drug-likeness (QED) is 0.742. The third-order valence-corrected chi connectivity index (χ3v) is 3.81. The van der Waals surface area contributed by atoms with Crippen LogP contribution in [-0.4, -0.2) is 32.2 Å². The van der Waals surface area contributed by atoms with Crippen LogP contribution in [0.25, 0.3) is 10.9 Å². The summed E-state index contributed by atoms with van der Waals surface area (Å²) in [5.74, 6) is 0.583. The minimum Gasteiger partial charge on any atom is -0.493 e. The van der Waals surface area contributed by atoms with E-state index in [9.17, 15) is 9.18 Å². The number of aromatic nitrogens is 1. The molecule has 0 aliphatic heterocycles. The normalized spacial score (nSPS) is 10.6. The molecule has 0 fully saturated rings. The number of H-pyrrole nitrogens is 1. The molecule has 0 saturated carbocycles. The number of fused-ring (bicyclic) bond motifs is 1. The standard InChI is InChI=1S/C18H17FN2O4/c1-23-15-7-11(8-16(24-2)17(15)25-3)21-18(22)13-9-20-14-6-10(19)4-5-12(13)14/h4-9,20H,1-3H3,(H,21,22). The fraction of sp³-hybridized carbons (Fsp3) is 0.167. The van der Waals surface area contributed by atoms with Gasteiger partial charge >= 0.3 is 0 Å².